The standard InChI is InChI=1S/C9H9NO/c1-6-5-10-8-3-4-11-9(8)7(6)2/h3-5H,1-2H3. The van der Waals surface area contributed by atoms with Crippen molar-refractivity contribution in [3.63, 3.8) is 0 Å². The zero-order chi connectivity index (χ0) is 7.84. The smallest absolute Gasteiger partial charge is 0.155 e. The summed E-state index contributed by atoms with van der Waals surface area (Å²) in [6.07, 6.45) is 3.54. The van der Waals surface area contributed by atoms with Gasteiger partial charge in [0, 0.05) is 12.3 Å². The van der Waals surface area contributed by atoms with E-state index in [0.29, 0.717) is 0 Å². The Bertz CT molecular complexity index is 389. The molecule has 2 rings (SSSR count). The molecule has 2 heteroatoms. The van der Waals surface area contributed by atoms with E-state index in [1.807, 2.05) is 26.1 Å². The van der Waals surface area contributed by atoms with Crippen LogP contribution in [0.1, 0.15) is 11.1 Å². The molecule has 0 aliphatic heterocycles. The van der Waals surface area contributed by atoms with Gasteiger partial charge in [0.15, 0.2) is 5.58 Å². The number of furan rings is 1. The van der Waals surface area contributed by atoms with E-state index in [1.165, 1.54) is 11.1 Å². The van der Waals surface area contributed by atoms with Crippen molar-refractivity contribution >= 4 is 11.1 Å². The van der Waals surface area contributed by atoms with Crippen molar-refractivity contribution in [2.75, 3.05) is 0 Å². The molecule has 56 valence electrons. The molecule has 11 heavy (non-hydrogen) atoms. The third kappa shape index (κ3) is 0.827. The van der Waals surface area contributed by atoms with E-state index in [2.05, 4.69) is 4.98 Å². The first kappa shape index (κ1) is 6.40. The number of nitrogens with zero attached hydrogens (tertiary/aromatic N) is 1. The van der Waals surface area contributed by atoms with Gasteiger partial charge >= 0.3 is 0 Å². The summed E-state index contributed by atoms with van der Waals surface area (Å²) in [5, 5.41) is 0. The summed E-state index contributed by atoms with van der Waals surface area (Å²) < 4.78 is 5.27. The fourth-order valence-corrected chi connectivity index (χ4v) is 1.13. The van der Waals surface area contributed by atoms with Crippen molar-refractivity contribution in [3.05, 3.63) is 29.7 Å². The van der Waals surface area contributed by atoms with E-state index >= 15 is 0 Å². The van der Waals surface area contributed by atoms with Gasteiger partial charge in [-0.15, -0.1) is 0 Å². The average Bonchev–Trinajstić information content (AvgIpc) is 2.45. The van der Waals surface area contributed by atoms with Gasteiger partial charge in [-0.1, -0.05) is 0 Å². The largest absolute Gasteiger partial charge is 0.462 e. The summed E-state index contributed by atoms with van der Waals surface area (Å²) in [6.45, 7) is 4.08. The first-order chi connectivity index (χ1) is 5.29. The van der Waals surface area contributed by atoms with Crippen LogP contribution in [-0.2, 0) is 0 Å². The number of fused-ring (bicyclic) bond motifs is 1. The van der Waals surface area contributed by atoms with Crippen LogP contribution in [0.15, 0.2) is 22.9 Å². The van der Waals surface area contributed by atoms with Crippen LogP contribution in [0.3, 0.4) is 0 Å². The molecule has 0 bridgehead atoms. The SMILES string of the molecule is Cc1cnc2ccoc2c1C. The maximum absolute atomic E-state index is 5.27. The Balaban J connectivity index is 2.93. The Morgan fingerprint density at radius 1 is 1.36 bits per heavy atom. The molecular weight excluding hydrogens is 138 g/mol. The lowest BCUT2D eigenvalue weighted by Gasteiger charge is -1.97. The van der Waals surface area contributed by atoms with Crippen LogP contribution >= 0.6 is 0 Å². The zero-order valence-electron chi connectivity index (χ0n) is 6.59. The molecule has 0 aromatic carbocycles. The Labute approximate surface area is 64.9 Å². The monoisotopic (exact) mass is 147 g/mol. The van der Waals surface area contributed by atoms with Gasteiger partial charge in [-0.2, -0.15) is 0 Å². The Morgan fingerprint density at radius 3 is 3.00 bits per heavy atom. The van der Waals surface area contributed by atoms with Crippen molar-refractivity contribution < 1.29 is 4.42 Å². The summed E-state index contributed by atoms with van der Waals surface area (Å²) >= 11 is 0. The van der Waals surface area contributed by atoms with Crippen LogP contribution in [0.4, 0.5) is 0 Å². The van der Waals surface area contributed by atoms with Crippen LogP contribution in [0.5, 0.6) is 0 Å². The van der Waals surface area contributed by atoms with Gasteiger partial charge in [0.05, 0.1) is 6.26 Å². The van der Waals surface area contributed by atoms with Crippen molar-refractivity contribution in [2.45, 2.75) is 13.8 Å². The van der Waals surface area contributed by atoms with Crippen molar-refractivity contribution in [1.29, 1.82) is 0 Å². The highest BCUT2D eigenvalue weighted by Gasteiger charge is 2.02. The fourth-order valence-electron chi connectivity index (χ4n) is 1.13. The topological polar surface area (TPSA) is 26.0 Å². The summed E-state index contributed by atoms with van der Waals surface area (Å²) in [5.41, 5.74) is 4.20. The molecular formula is C9H9NO. The van der Waals surface area contributed by atoms with Crippen molar-refractivity contribution in [3.8, 4) is 0 Å². The van der Waals surface area contributed by atoms with E-state index in [4.69, 9.17) is 4.42 Å². The lowest BCUT2D eigenvalue weighted by molar-refractivity contribution is 0.612. The fraction of sp³-hybridized carbons (Fsp3) is 0.222. The molecule has 0 saturated carbocycles. The molecule has 2 aromatic heterocycles. The van der Waals surface area contributed by atoms with E-state index in [9.17, 15) is 0 Å². The van der Waals surface area contributed by atoms with E-state index in [1.54, 1.807) is 6.26 Å². The van der Waals surface area contributed by atoms with Crippen LogP contribution in [-0.4, -0.2) is 4.98 Å². The van der Waals surface area contributed by atoms with E-state index in [-0.39, 0.29) is 0 Å². The van der Waals surface area contributed by atoms with Crippen LogP contribution < -0.4 is 0 Å². The second-order valence-corrected chi connectivity index (χ2v) is 2.70. The normalized spacial score (nSPS) is 10.7. The summed E-state index contributed by atoms with van der Waals surface area (Å²) in [7, 11) is 0. The highest BCUT2D eigenvalue weighted by molar-refractivity contribution is 5.76. The number of hydrogen-bond acceptors (Lipinski definition) is 2. The van der Waals surface area contributed by atoms with E-state index in [0.717, 1.165) is 11.1 Å². The number of aryl methyl sites for hydroxylation is 2. The van der Waals surface area contributed by atoms with Crippen LogP contribution in [0.2, 0.25) is 0 Å². The van der Waals surface area contributed by atoms with Gasteiger partial charge in [-0.25, -0.2) is 0 Å². The summed E-state index contributed by atoms with van der Waals surface area (Å²) in [6, 6.07) is 1.88. The predicted molar refractivity (Wildman–Crippen MR) is 43.5 cm³/mol. The minimum Gasteiger partial charge on any atom is -0.462 e. The van der Waals surface area contributed by atoms with Gasteiger partial charge in [0.1, 0.15) is 5.52 Å². The number of pyridine rings is 1. The summed E-state index contributed by atoms with van der Waals surface area (Å²) in [5.74, 6) is 0. The van der Waals surface area contributed by atoms with Gasteiger partial charge in [-0.05, 0) is 25.0 Å². The quantitative estimate of drug-likeness (QED) is 0.572. The van der Waals surface area contributed by atoms with Crippen molar-refractivity contribution in [2.24, 2.45) is 0 Å². The van der Waals surface area contributed by atoms with Gasteiger partial charge in [0.25, 0.3) is 0 Å². The lowest BCUT2D eigenvalue weighted by Crippen LogP contribution is -1.83. The Morgan fingerprint density at radius 2 is 2.18 bits per heavy atom. The molecule has 0 N–H and O–H groups in total. The van der Waals surface area contributed by atoms with Gasteiger partial charge in [0.2, 0.25) is 0 Å². The molecule has 0 atom stereocenters. The van der Waals surface area contributed by atoms with Gasteiger partial charge < -0.3 is 4.42 Å². The highest BCUT2D eigenvalue weighted by Crippen LogP contribution is 2.19. The van der Waals surface area contributed by atoms with Crippen LogP contribution in [0, 0.1) is 13.8 Å². The minimum absolute atomic E-state index is 0.907. The lowest BCUT2D eigenvalue weighted by atomic mass is 10.1. The molecule has 2 nitrogen and oxygen atoms in total. The van der Waals surface area contributed by atoms with Gasteiger partial charge in [-0.3, -0.25) is 4.98 Å². The first-order valence-corrected chi connectivity index (χ1v) is 3.58. The number of rotatable bonds is 0. The third-order valence-corrected chi connectivity index (χ3v) is 1.97. The van der Waals surface area contributed by atoms with E-state index < -0.39 is 0 Å². The molecule has 0 amide bonds. The molecule has 0 fully saturated rings. The maximum atomic E-state index is 5.27. The number of aromatic nitrogens is 1. The van der Waals surface area contributed by atoms with Crippen molar-refractivity contribution in [1.82, 2.24) is 4.98 Å². The maximum Gasteiger partial charge on any atom is 0.155 e. The third-order valence-electron chi connectivity index (χ3n) is 1.97. The Kier molecular flexibility index (Phi) is 1.22. The van der Waals surface area contributed by atoms with Crippen LogP contribution in [0.25, 0.3) is 11.1 Å². The predicted octanol–water partition coefficient (Wildman–Crippen LogP) is 2.44. The molecule has 0 saturated heterocycles. The number of hydrogen-bond donors (Lipinski definition) is 0. The molecule has 0 aliphatic carbocycles. The second kappa shape index (κ2) is 2.09. The zero-order valence-corrected chi connectivity index (χ0v) is 6.59. The minimum atomic E-state index is 0.907. The molecule has 0 aliphatic rings. The first-order valence-electron chi connectivity index (χ1n) is 3.58. The molecule has 0 spiro atoms. The molecule has 2 aromatic rings. The average molecular weight is 147 g/mol. The highest BCUT2D eigenvalue weighted by atomic mass is 16.3. The molecule has 0 unspecified atom stereocenters. The molecule has 0 radical (unpaired) electrons. The summed E-state index contributed by atoms with van der Waals surface area (Å²) in [4.78, 5) is 4.21. The molecule has 2 heterocycles. The Hall–Kier alpha value is -1.31. The second-order valence-electron chi connectivity index (χ2n) is 2.70.